The van der Waals surface area contributed by atoms with E-state index in [1.54, 1.807) is 24.3 Å². The summed E-state index contributed by atoms with van der Waals surface area (Å²) in [5.74, 6) is 0.419. The van der Waals surface area contributed by atoms with E-state index in [0.717, 1.165) is 17.7 Å². The predicted molar refractivity (Wildman–Crippen MR) is 92.4 cm³/mol. The van der Waals surface area contributed by atoms with Crippen LogP contribution in [0.5, 0.6) is 0 Å². The molecule has 0 aliphatic heterocycles. The molecule has 0 unspecified atom stereocenters. The molecule has 1 aromatic heterocycles. The molecule has 2 N–H and O–H groups in total. The quantitative estimate of drug-likeness (QED) is 0.713. The Morgan fingerprint density at radius 1 is 0.962 bits per heavy atom. The summed E-state index contributed by atoms with van der Waals surface area (Å²) in [6, 6.07) is 15.6. The van der Waals surface area contributed by atoms with Crippen LogP contribution in [0.15, 0.2) is 67.0 Å². The van der Waals surface area contributed by atoms with Crippen LogP contribution < -0.4 is 5.32 Å². The first-order chi connectivity index (χ1) is 12.4. The number of nitrogens with zero attached hydrogens (tertiary/aromatic N) is 2. The lowest BCUT2D eigenvalue weighted by Gasteiger charge is -2.13. The molecule has 0 aliphatic rings. The van der Waals surface area contributed by atoms with Crippen LogP contribution in [0.1, 0.15) is 17.2 Å². The van der Waals surface area contributed by atoms with Crippen LogP contribution in [0.3, 0.4) is 0 Å². The predicted octanol–water partition coefficient (Wildman–Crippen LogP) is 4.31. The van der Waals surface area contributed by atoms with Crippen molar-refractivity contribution in [1.82, 2.24) is 9.97 Å². The van der Waals surface area contributed by atoms with Crippen LogP contribution in [0.25, 0.3) is 11.3 Å². The van der Waals surface area contributed by atoms with Gasteiger partial charge in [-0.3, -0.25) is 0 Å². The molecule has 1 atom stereocenters. The van der Waals surface area contributed by atoms with Gasteiger partial charge in [0.05, 0.1) is 17.4 Å². The fourth-order valence-electron chi connectivity index (χ4n) is 2.46. The van der Waals surface area contributed by atoms with Gasteiger partial charge in [0.2, 0.25) is 0 Å². The number of benzene rings is 2. The zero-order valence-corrected chi connectivity index (χ0v) is 13.6. The second kappa shape index (κ2) is 7.53. The topological polar surface area (TPSA) is 58.0 Å². The van der Waals surface area contributed by atoms with Crippen LogP contribution in [0, 0.1) is 0 Å². The number of halogens is 3. The summed E-state index contributed by atoms with van der Waals surface area (Å²) < 4.78 is 38.6. The minimum atomic E-state index is -4.41. The molecule has 0 amide bonds. The van der Waals surface area contributed by atoms with E-state index in [1.807, 2.05) is 18.2 Å². The first-order valence-electron chi connectivity index (χ1n) is 7.90. The third kappa shape index (κ3) is 4.37. The Balaban J connectivity index is 1.75. The first kappa shape index (κ1) is 17.9. The number of anilines is 1. The lowest BCUT2D eigenvalue weighted by Crippen LogP contribution is -2.13. The summed E-state index contributed by atoms with van der Waals surface area (Å²) >= 11 is 0. The monoisotopic (exact) mass is 359 g/mol. The summed E-state index contributed by atoms with van der Waals surface area (Å²) in [4.78, 5) is 8.08. The molecule has 7 heteroatoms. The lowest BCUT2D eigenvalue weighted by atomic mass is 10.1. The maximum absolute atomic E-state index is 12.9. The number of aromatic nitrogens is 2. The zero-order chi connectivity index (χ0) is 18.6. The Morgan fingerprint density at radius 3 is 2.46 bits per heavy atom. The average Bonchev–Trinajstić information content (AvgIpc) is 2.66. The summed E-state index contributed by atoms with van der Waals surface area (Å²) in [5, 5.41) is 13.1. The van der Waals surface area contributed by atoms with Crippen LogP contribution >= 0.6 is 0 Å². The van der Waals surface area contributed by atoms with Gasteiger partial charge in [0.1, 0.15) is 12.1 Å². The first-order valence-corrected chi connectivity index (χ1v) is 7.90. The fraction of sp³-hybridized carbons (Fsp3) is 0.158. The number of alkyl halides is 3. The number of hydrogen-bond donors (Lipinski definition) is 2. The molecule has 0 saturated heterocycles. The average molecular weight is 359 g/mol. The molecule has 0 aliphatic carbocycles. The number of aliphatic hydroxyl groups excluding tert-OH is 1. The molecular weight excluding hydrogens is 343 g/mol. The maximum atomic E-state index is 12.9. The normalized spacial score (nSPS) is 12.6. The summed E-state index contributed by atoms with van der Waals surface area (Å²) in [6.45, 7) is 0.211. The molecule has 0 radical (unpaired) electrons. The van der Waals surface area contributed by atoms with E-state index in [2.05, 4.69) is 15.3 Å². The Hall–Kier alpha value is -2.93. The highest BCUT2D eigenvalue weighted by Crippen LogP contribution is 2.31. The highest BCUT2D eigenvalue weighted by molar-refractivity contribution is 5.63. The van der Waals surface area contributed by atoms with Gasteiger partial charge in [-0.05, 0) is 17.7 Å². The van der Waals surface area contributed by atoms with E-state index in [9.17, 15) is 18.3 Å². The van der Waals surface area contributed by atoms with Crippen molar-refractivity contribution in [2.45, 2.75) is 12.3 Å². The van der Waals surface area contributed by atoms with Gasteiger partial charge in [0.25, 0.3) is 0 Å². The molecule has 26 heavy (non-hydrogen) atoms. The van der Waals surface area contributed by atoms with Crippen molar-refractivity contribution < 1.29 is 18.3 Å². The molecule has 3 aromatic rings. The Morgan fingerprint density at radius 2 is 1.73 bits per heavy atom. The summed E-state index contributed by atoms with van der Waals surface area (Å²) in [7, 11) is 0. The zero-order valence-electron chi connectivity index (χ0n) is 13.6. The summed E-state index contributed by atoms with van der Waals surface area (Å²) in [5.41, 5.74) is 0.728. The molecule has 3 rings (SSSR count). The highest BCUT2D eigenvalue weighted by Gasteiger charge is 2.30. The standard InChI is InChI=1S/C19H16F3N3O/c20-19(21,22)15-8-4-7-14(9-15)16-10-18(25-12-24-16)23-11-17(26)13-5-2-1-3-6-13/h1-10,12,17,26H,11H2,(H,23,24,25)/t17-/m0/s1. The van der Waals surface area contributed by atoms with Gasteiger partial charge in [-0.1, -0.05) is 42.5 Å². The third-order valence-electron chi connectivity index (χ3n) is 3.81. The second-order valence-electron chi connectivity index (χ2n) is 5.67. The van der Waals surface area contributed by atoms with Crippen molar-refractivity contribution in [2.24, 2.45) is 0 Å². The number of nitrogens with one attached hydrogen (secondary N) is 1. The molecule has 0 bridgehead atoms. The van der Waals surface area contributed by atoms with E-state index in [-0.39, 0.29) is 6.54 Å². The third-order valence-corrected chi connectivity index (χ3v) is 3.81. The Bertz CT molecular complexity index is 869. The fourth-order valence-corrected chi connectivity index (χ4v) is 2.46. The number of hydrogen-bond acceptors (Lipinski definition) is 4. The minimum Gasteiger partial charge on any atom is -0.387 e. The number of rotatable bonds is 5. The van der Waals surface area contributed by atoms with Gasteiger partial charge in [0, 0.05) is 18.2 Å². The largest absolute Gasteiger partial charge is 0.416 e. The lowest BCUT2D eigenvalue weighted by molar-refractivity contribution is -0.137. The molecule has 0 saturated carbocycles. The van der Waals surface area contributed by atoms with Crippen molar-refractivity contribution in [3.8, 4) is 11.3 Å². The van der Waals surface area contributed by atoms with Crippen LogP contribution in [-0.4, -0.2) is 21.6 Å². The van der Waals surface area contributed by atoms with E-state index in [0.29, 0.717) is 17.1 Å². The van der Waals surface area contributed by atoms with Crippen molar-refractivity contribution in [3.05, 3.63) is 78.1 Å². The Labute approximate surface area is 148 Å². The molecular formula is C19H16F3N3O. The Kier molecular flexibility index (Phi) is 5.18. The molecule has 134 valence electrons. The molecule has 2 aromatic carbocycles. The van der Waals surface area contributed by atoms with Gasteiger partial charge < -0.3 is 10.4 Å². The van der Waals surface area contributed by atoms with Gasteiger partial charge in [-0.25, -0.2) is 9.97 Å². The van der Waals surface area contributed by atoms with Crippen molar-refractivity contribution in [2.75, 3.05) is 11.9 Å². The molecule has 4 nitrogen and oxygen atoms in total. The second-order valence-corrected chi connectivity index (χ2v) is 5.67. The smallest absolute Gasteiger partial charge is 0.387 e. The van der Waals surface area contributed by atoms with Gasteiger partial charge in [-0.2, -0.15) is 13.2 Å². The van der Waals surface area contributed by atoms with Crippen molar-refractivity contribution in [3.63, 3.8) is 0 Å². The van der Waals surface area contributed by atoms with Gasteiger partial charge in [-0.15, -0.1) is 0 Å². The SMILES string of the molecule is O[C@@H](CNc1cc(-c2cccc(C(F)(F)F)c2)ncn1)c1ccccc1. The maximum Gasteiger partial charge on any atom is 0.416 e. The van der Waals surface area contributed by atoms with E-state index >= 15 is 0 Å². The molecule has 0 spiro atoms. The van der Waals surface area contributed by atoms with Crippen molar-refractivity contribution in [1.29, 1.82) is 0 Å². The van der Waals surface area contributed by atoms with Crippen LogP contribution in [0.2, 0.25) is 0 Å². The molecule has 1 heterocycles. The minimum absolute atomic E-state index is 0.211. The van der Waals surface area contributed by atoms with Gasteiger partial charge >= 0.3 is 6.18 Å². The van der Waals surface area contributed by atoms with Gasteiger partial charge in [0.15, 0.2) is 0 Å². The van der Waals surface area contributed by atoms with E-state index < -0.39 is 17.8 Å². The van der Waals surface area contributed by atoms with Crippen LogP contribution in [-0.2, 0) is 6.18 Å². The van der Waals surface area contributed by atoms with E-state index in [4.69, 9.17) is 0 Å². The van der Waals surface area contributed by atoms with E-state index in [1.165, 1.54) is 12.4 Å². The molecule has 0 fully saturated rings. The number of aliphatic hydroxyl groups is 1. The summed E-state index contributed by atoms with van der Waals surface area (Å²) in [6.07, 6.45) is -3.88. The highest BCUT2D eigenvalue weighted by atomic mass is 19.4. The van der Waals surface area contributed by atoms with Crippen LogP contribution in [0.4, 0.5) is 19.0 Å². The van der Waals surface area contributed by atoms with Crippen molar-refractivity contribution >= 4 is 5.82 Å².